The third-order valence-corrected chi connectivity index (χ3v) is 3.40. The summed E-state index contributed by atoms with van der Waals surface area (Å²) in [6.45, 7) is 0. The average molecular weight is 215 g/mol. The van der Waals surface area contributed by atoms with Crippen molar-refractivity contribution in [2.45, 2.75) is 12.5 Å². The number of aromatic nitrogens is 1. The molecule has 0 amide bonds. The zero-order valence-electron chi connectivity index (χ0n) is 8.76. The highest BCUT2D eigenvalue weighted by molar-refractivity contribution is 5.47. The van der Waals surface area contributed by atoms with Crippen LogP contribution in [0.4, 0.5) is 11.6 Å². The lowest BCUT2D eigenvalue weighted by Gasteiger charge is -2.43. The van der Waals surface area contributed by atoms with Gasteiger partial charge in [0.1, 0.15) is 5.82 Å². The van der Waals surface area contributed by atoms with E-state index in [0.29, 0.717) is 23.7 Å². The van der Waals surface area contributed by atoms with E-state index in [1.54, 1.807) is 6.07 Å². The van der Waals surface area contributed by atoms with Gasteiger partial charge in [-0.2, -0.15) is 0 Å². The summed E-state index contributed by atoms with van der Waals surface area (Å²) < 4.78 is 0. The first kappa shape index (κ1) is 9.39. The molecule has 1 heterocycles. The number of H-pyrrole nitrogens is 1. The van der Waals surface area contributed by atoms with Crippen LogP contribution in [-0.4, -0.2) is 11.0 Å². The number of aromatic amines is 1. The van der Waals surface area contributed by atoms with Crippen molar-refractivity contribution in [1.29, 1.82) is 0 Å². The van der Waals surface area contributed by atoms with Crippen molar-refractivity contribution in [1.82, 2.24) is 4.98 Å². The number of nitroso groups, excluding NO2 is 1. The minimum absolute atomic E-state index is 0.373. The number of fused-ring (bicyclic) bond motifs is 1. The van der Waals surface area contributed by atoms with Crippen LogP contribution in [0.2, 0.25) is 0 Å². The van der Waals surface area contributed by atoms with Crippen molar-refractivity contribution in [3.05, 3.63) is 41.3 Å². The smallest absolute Gasteiger partial charge is 0.176 e. The maximum Gasteiger partial charge on any atom is 0.176 e. The lowest BCUT2D eigenvalue weighted by atomic mass is 9.67. The first-order chi connectivity index (χ1) is 7.86. The average Bonchev–Trinajstić information content (AvgIpc) is 2.74. The number of hydrogen-bond acceptors (Lipinski definition) is 3. The molecule has 2 aliphatic carbocycles. The van der Waals surface area contributed by atoms with Crippen molar-refractivity contribution in [3.8, 4) is 0 Å². The van der Waals surface area contributed by atoms with Gasteiger partial charge in [-0.1, -0.05) is 24.3 Å². The molecule has 0 bridgehead atoms. The normalized spacial score (nSPS) is 30.6. The van der Waals surface area contributed by atoms with Crippen LogP contribution >= 0.6 is 0 Å². The van der Waals surface area contributed by atoms with E-state index in [0.717, 1.165) is 12.2 Å². The van der Waals surface area contributed by atoms with Gasteiger partial charge >= 0.3 is 0 Å². The van der Waals surface area contributed by atoms with Gasteiger partial charge in [0.05, 0.1) is 0 Å². The van der Waals surface area contributed by atoms with Gasteiger partial charge in [0, 0.05) is 12.0 Å². The Hall–Kier alpha value is -1.84. The summed E-state index contributed by atoms with van der Waals surface area (Å²) in [6, 6.07) is 4.00. The lowest BCUT2D eigenvalue weighted by molar-refractivity contribution is 0.247. The first-order valence-corrected chi connectivity index (χ1v) is 5.51. The topological polar surface area (TPSA) is 57.2 Å². The Balaban J connectivity index is 1.66. The zero-order valence-corrected chi connectivity index (χ0v) is 8.76. The van der Waals surface area contributed by atoms with Gasteiger partial charge in [-0.05, 0) is 29.6 Å². The third-order valence-electron chi connectivity index (χ3n) is 3.40. The van der Waals surface area contributed by atoms with E-state index >= 15 is 0 Å². The van der Waals surface area contributed by atoms with Crippen LogP contribution in [0.3, 0.4) is 0 Å². The minimum Gasteiger partial charge on any atom is -0.368 e. The number of anilines is 1. The van der Waals surface area contributed by atoms with Crippen molar-refractivity contribution < 1.29 is 0 Å². The van der Waals surface area contributed by atoms with Crippen molar-refractivity contribution >= 4 is 11.6 Å². The van der Waals surface area contributed by atoms with Gasteiger partial charge < -0.3 is 10.3 Å². The molecule has 0 radical (unpaired) electrons. The van der Waals surface area contributed by atoms with E-state index in [1.807, 2.05) is 6.07 Å². The summed E-state index contributed by atoms with van der Waals surface area (Å²) >= 11 is 0. The van der Waals surface area contributed by atoms with Crippen molar-refractivity contribution in [2.24, 2.45) is 17.0 Å². The largest absolute Gasteiger partial charge is 0.368 e. The van der Waals surface area contributed by atoms with E-state index in [1.165, 1.54) is 0 Å². The van der Waals surface area contributed by atoms with Crippen molar-refractivity contribution in [2.75, 3.05) is 5.32 Å². The third kappa shape index (κ3) is 1.46. The molecule has 82 valence electrons. The molecule has 0 aromatic carbocycles. The van der Waals surface area contributed by atoms with E-state index in [4.69, 9.17) is 0 Å². The summed E-state index contributed by atoms with van der Waals surface area (Å²) in [7, 11) is 0. The van der Waals surface area contributed by atoms with Crippen LogP contribution in [0.15, 0.2) is 41.6 Å². The highest BCUT2D eigenvalue weighted by Crippen LogP contribution is 2.40. The Morgan fingerprint density at radius 2 is 2.19 bits per heavy atom. The van der Waals surface area contributed by atoms with Crippen LogP contribution in [0.5, 0.6) is 0 Å². The van der Waals surface area contributed by atoms with Crippen LogP contribution in [0.1, 0.15) is 6.42 Å². The fraction of sp³-hybridized carbons (Fsp3) is 0.333. The Morgan fingerprint density at radius 3 is 2.94 bits per heavy atom. The standard InChI is InChI=1S/C12H13N3O/c16-15-12-6-5-11(14-12)13-10-7-8-3-1-2-4-9(8)10/h1-6,8-10,13-14H,7H2/t8?,9-,10?/m1/s1. The fourth-order valence-corrected chi connectivity index (χ4v) is 2.47. The maximum absolute atomic E-state index is 10.3. The Bertz CT molecular complexity index is 461. The summed E-state index contributed by atoms with van der Waals surface area (Å²) in [6.07, 6.45) is 9.86. The van der Waals surface area contributed by atoms with Crippen LogP contribution in [0.25, 0.3) is 0 Å². The number of rotatable bonds is 3. The number of nitrogens with one attached hydrogen (secondary N) is 2. The summed E-state index contributed by atoms with van der Waals surface area (Å²) in [4.78, 5) is 13.2. The number of hydrogen-bond donors (Lipinski definition) is 2. The van der Waals surface area contributed by atoms with E-state index in [9.17, 15) is 4.91 Å². The lowest BCUT2D eigenvalue weighted by Crippen LogP contribution is -2.45. The minimum atomic E-state index is 0.373. The molecule has 0 saturated heterocycles. The van der Waals surface area contributed by atoms with Gasteiger partial charge in [0.15, 0.2) is 5.82 Å². The Labute approximate surface area is 93.4 Å². The number of nitrogens with zero attached hydrogens (tertiary/aromatic N) is 1. The summed E-state index contributed by atoms with van der Waals surface area (Å²) in [5.74, 6) is 2.51. The molecule has 4 nitrogen and oxygen atoms in total. The van der Waals surface area contributed by atoms with Gasteiger partial charge in [-0.15, -0.1) is 4.91 Å². The molecule has 1 fully saturated rings. The van der Waals surface area contributed by atoms with E-state index in [-0.39, 0.29) is 0 Å². The van der Waals surface area contributed by atoms with E-state index < -0.39 is 0 Å². The van der Waals surface area contributed by atoms with Crippen LogP contribution in [-0.2, 0) is 0 Å². The van der Waals surface area contributed by atoms with Crippen molar-refractivity contribution in [3.63, 3.8) is 0 Å². The zero-order chi connectivity index (χ0) is 11.0. The Morgan fingerprint density at radius 1 is 1.31 bits per heavy atom. The number of allylic oxidation sites excluding steroid dienone is 3. The second-order valence-electron chi connectivity index (χ2n) is 4.35. The molecule has 0 spiro atoms. The summed E-state index contributed by atoms with van der Waals surface area (Å²) in [5.41, 5.74) is 0. The molecule has 2 N–H and O–H groups in total. The second kappa shape index (κ2) is 3.63. The van der Waals surface area contributed by atoms with Crippen LogP contribution in [0, 0.1) is 16.7 Å². The van der Waals surface area contributed by atoms with Gasteiger partial charge in [0.2, 0.25) is 0 Å². The highest BCUT2D eigenvalue weighted by atomic mass is 16.3. The molecular weight excluding hydrogens is 202 g/mol. The SMILES string of the molecule is O=Nc1ccc(NC2CC3C=CC=C[C@H]32)[nH]1. The summed E-state index contributed by atoms with van der Waals surface area (Å²) in [5, 5.41) is 6.25. The molecule has 2 aliphatic rings. The predicted octanol–water partition coefficient (Wildman–Crippen LogP) is 2.96. The molecule has 1 aromatic rings. The monoisotopic (exact) mass is 215 g/mol. The van der Waals surface area contributed by atoms with Crippen LogP contribution < -0.4 is 5.32 Å². The van der Waals surface area contributed by atoms with Gasteiger partial charge in [0.25, 0.3) is 0 Å². The molecule has 3 atom stereocenters. The maximum atomic E-state index is 10.3. The molecule has 1 saturated carbocycles. The molecule has 2 unspecified atom stereocenters. The highest BCUT2D eigenvalue weighted by Gasteiger charge is 2.38. The first-order valence-electron chi connectivity index (χ1n) is 5.51. The second-order valence-corrected chi connectivity index (χ2v) is 4.35. The molecule has 16 heavy (non-hydrogen) atoms. The molecule has 3 rings (SSSR count). The molecule has 4 heteroatoms. The van der Waals surface area contributed by atoms with Gasteiger partial charge in [-0.25, -0.2) is 0 Å². The predicted molar refractivity (Wildman–Crippen MR) is 63.5 cm³/mol. The van der Waals surface area contributed by atoms with Gasteiger partial charge in [-0.3, -0.25) is 0 Å². The molecule has 0 aliphatic heterocycles. The molecular formula is C12H13N3O. The fourth-order valence-electron chi connectivity index (χ4n) is 2.47. The van der Waals surface area contributed by atoms with E-state index in [2.05, 4.69) is 39.8 Å². The Kier molecular flexibility index (Phi) is 2.13. The molecule has 1 aromatic heterocycles. The quantitative estimate of drug-likeness (QED) is 0.761.